The number of nitrogens with one attached hydrogen (secondary N) is 2. The fourth-order valence-corrected chi connectivity index (χ4v) is 1.85. The molecular weight excluding hydrogens is 220 g/mol. The normalized spacial score (nSPS) is 20.4. The van der Waals surface area contributed by atoms with Gasteiger partial charge in [-0.1, -0.05) is 0 Å². The minimum atomic E-state index is -0.226. The van der Waals surface area contributed by atoms with Crippen molar-refractivity contribution in [3.63, 3.8) is 0 Å². The van der Waals surface area contributed by atoms with E-state index in [9.17, 15) is 9.59 Å². The lowest BCUT2D eigenvalue weighted by Gasteiger charge is -2.21. The van der Waals surface area contributed by atoms with E-state index in [-0.39, 0.29) is 17.9 Å². The van der Waals surface area contributed by atoms with E-state index in [1.165, 1.54) is 0 Å². The highest BCUT2D eigenvalue weighted by atomic mass is 16.2. The van der Waals surface area contributed by atoms with Gasteiger partial charge in [0.05, 0.1) is 12.4 Å². The van der Waals surface area contributed by atoms with Gasteiger partial charge in [-0.05, 0) is 19.4 Å². The second-order valence-corrected chi connectivity index (χ2v) is 4.11. The Balaban J connectivity index is 1.65. The summed E-state index contributed by atoms with van der Waals surface area (Å²) in [6, 6.07) is -0.226. The third-order valence-corrected chi connectivity index (χ3v) is 2.78. The Morgan fingerprint density at radius 3 is 3.12 bits per heavy atom. The molecule has 1 unspecified atom stereocenters. The summed E-state index contributed by atoms with van der Waals surface area (Å²) in [4.78, 5) is 26.3. The van der Waals surface area contributed by atoms with Gasteiger partial charge < -0.3 is 9.88 Å². The van der Waals surface area contributed by atoms with Crippen LogP contribution in [-0.4, -0.2) is 34.0 Å². The third kappa shape index (κ3) is 3.39. The van der Waals surface area contributed by atoms with Gasteiger partial charge in [-0.25, -0.2) is 4.98 Å². The zero-order valence-corrected chi connectivity index (χ0v) is 9.56. The number of hydrogen-bond donors (Lipinski definition) is 2. The third-order valence-electron chi connectivity index (χ3n) is 2.78. The largest absolute Gasteiger partial charge is 0.337 e. The Morgan fingerprint density at radius 1 is 1.53 bits per heavy atom. The van der Waals surface area contributed by atoms with Crippen molar-refractivity contribution in [2.75, 3.05) is 6.54 Å². The Morgan fingerprint density at radius 2 is 2.41 bits per heavy atom. The Hall–Kier alpha value is -1.69. The van der Waals surface area contributed by atoms with Crippen LogP contribution in [0.5, 0.6) is 0 Å². The monoisotopic (exact) mass is 236 g/mol. The summed E-state index contributed by atoms with van der Waals surface area (Å²) >= 11 is 0. The second-order valence-electron chi connectivity index (χ2n) is 4.11. The summed E-state index contributed by atoms with van der Waals surface area (Å²) in [5, 5.41) is 5.48. The molecule has 2 amide bonds. The molecule has 0 bridgehead atoms. The lowest BCUT2D eigenvalue weighted by molar-refractivity contribution is -0.134. The molecule has 92 valence electrons. The number of aromatic nitrogens is 2. The first kappa shape index (κ1) is 11.8. The van der Waals surface area contributed by atoms with Crippen molar-refractivity contribution in [2.45, 2.75) is 31.8 Å². The van der Waals surface area contributed by atoms with Crippen molar-refractivity contribution in [3.8, 4) is 0 Å². The maximum atomic E-state index is 11.4. The fraction of sp³-hybridized carbons (Fsp3) is 0.545. The fourth-order valence-electron chi connectivity index (χ4n) is 1.85. The average molecular weight is 236 g/mol. The molecule has 2 rings (SSSR count). The van der Waals surface area contributed by atoms with E-state index in [1.807, 2.05) is 10.8 Å². The zero-order chi connectivity index (χ0) is 12.1. The molecule has 2 N–H and O–H groups in total. The number of nitrogens with zero attached hydrogens (tertiary/aromatic N) is 2. The molecule has 1 aliphatic heterocycles. The Bertz CT molecular complexity index is 388. The molecule has 0 aliphatic carbocycles. The summed E-state index contributed by atoms with van der Waals surface area (Å²) in [6.07, 6.45) is 7.36. The van der Waals surface area contributed by atoms with Gasteiger partial charge in [-0.3, -0.25) is 14.9 Å². The average Bonchev–Trinajstić information content (AvgIpc) is 2.79. The van der Waals surface area contributed by atoms with Crippen LogP contribution in [0, 0.1) is 0 Å². The number of carbonyl (C=O) groups is 2. The van der Waals surface area contributed by atoms with Crippen LogP contribution >= 0.6 is 0 Å². The van der Waals surface area contributed by atoms with Crippen molar-refractivity contribution >= 4 is 11.8 Å². The highest BCUT2D eigenvalue weighted by Crippen LogP contribution is 2.04. The van der Waals surface area contributed by atoms with Crippen LogP contribution in [0.3, 0.4) is 0 Å². The highest BCUT2D eigenvalue weighted by Gasteiger charge is 2.25. The number of imide groups is 1. The van der Waals surface area contributed by atoms with Crippen LogP contribution in [0.2, 0.25) is 0 Å². The number of carbonyl (C=O) groups excluding carboxylic acids is 2. The molecule has 6 nitrogen and oxygen atoms in total. The van der Waals surface area contributed by atoms with Crippen molar-refractivity contribution in [2.24, 2.45) is 0 Å². The minimum absolute atomic E-state index is 0.175. The van der Waals surface area contributed by atoms with Crippen molar-refractivity contribution < 1.29 is 9.59 Å². The van der Waals surface area contributed by atoms with E-state index in [0.717, 1.165) is 19.5 Å². The first-order chi connectivity index (χ1) is 8.25. The summed E-state index contributed by atoms with van der Waals surface area (Å²) < 4.78 is 1.99. The van der Waals surface area contributed by atoms with Crippen LogP contribution in [0.1, 0.15) is 19.3 Å². The van der Waals surface area contributed by atoms with Crippen LogP contribution in [0.25, 0.3) is 0 Å². The van der Waals surface area contributed by atoms with Gasteiger partial charge in [-0.15, -0.1) is 0 Å². The summed E-state index contributed by atoms with van der Waals surface area (Å²) in [7, 11) is 0. The molecule has 2 heterocycles. The molecule has 0 spiro atoms. The molecule has 0 saturated carbocycles. The van der Waals surface area contributed by atoms with E-state index in [4.69, 9.17) is 0 Å². The first-order valence-electron chi connectivity index (χ1n) is 5.78. The molecule has 1 fully saturated rings. The van der Waals surface area contributed by atoms with Crippen molar-refractivity contribution in [1.29, 1.82) is 0 Å². The molecule has 0 aromatic carbocycles. The number of imidazole rings is 1. The zero-order valence-electron chi connectivity index (χ0n) is 9.56. The number of aryl methyl sites for hydroxylation is 1. The lowest BCUT2D eigenvalue weighted by Crippen LogP contribution is -2.50. The smallest absolute Gasteiger partial charge is 0.243 e. The predicted molar refractivity (Wildman–Crippen MR) is 61.0 cm³/mol. The second kappa shape index (κ2) is 5.58. The summed E-state index contributed by atoms with van der Waals surface area (Å²) in [6.45, 7) is 1.63. The molecule has 6 heteroatoms. The molecule has 1 aromatic heterocycles. The summed E-state index contributed by atoms with van der Waals surface area (Å²) in [5.74, 6) is -0.379. The van der Waals surface area contributed by atoms with Crippen LogP contribution < -0.4 is 10.6 Å². The van der Waals surface area contributed by atoms with Gasteiger partial charge in [-0.2, -0.15) is 0 Å². The number of amides is 2. The van der Waals surface area contributed by atoms with Crippen molar-refractivity contribution in [1.82, 2.24) is 20.2 Å². The van der Waals surface area contributed by atoms with E-state index >= 15 is 0 Å². The topological polar surface area (TPSA) is 76.0 Å². The maximum absolute atomic E-state index is 11.4. The van der Waals surface area contributed by atoms with E-state index in [1.54, 1.807) is 12.5 Å². The SMILES string of the molecule is O=C1CCC(NCCCn2ccnc2)C(=O)N1. The van der Waals surface area contributed by atoms with Gasteiger partial charge in [0.2, 0.25) is 11.8 Å². The highest BCUT2D eigenvalue weighted by molar-refractivity contribution is 6.00. The van der Waals surface area contributed by atoms with Crippen LogP contribution in [0.15, 0.2) is 18.7 Å². The van der Waals surface area contributed by atoms with Gasteiger partial charge >= 0.3 is 0 Å². The minimum Gasteiger partial charge on any atom is -0.337 e. The first-order valence-corrected chi connectivity index (χ1v) is 5.78. The van der Waals surface area contributed by atoms with E-state index in [0.29, 0.717) is 12.8 Å². The molecule has 0 radical (unpaired) electrons. The maximum Gasteiger partial charge on any atom is 0.243 e. The standard InChI is InChI=1S/C11H16N4O2/c16-10-3-2-9(11(17)14-10)13-4-1-6-15-7-5-12-8-15/h5,7-9,13H,1-4,6H2,(H,14,16,17). The molecule has 1 aliphatic rings. The Kier molecular flexibility index (Phi) is 3.87. The van der Waals surface area contributed by atoms with Gasteiger partial charge in [0.15, 0.2) is 0 Å². The van der Waals surface area contributed by atoms with Gasteiger partial charge in [0.1, 0.15) is 0 Å². The van der Waals surface area contributed by atoms with E-state index in [2.05, 4.69) is 15.6 Å². The molecule has 1 saturated heterocycles. The Labute approximate surface area is 99.4 Å². The number of piperidine rings is 1. The van der Waals surface area contributed by atoms with Crippen LogP contribution in [-0.2, 0) is 16.1 Å². The molecule has 1 atom stereocenters. The van der Waals surface area contributed by atoms with Crippen molar-refractivity contribution in [3.05, 3.63) is 18.7 Å². The lowest BCUT2D eigenvalue weighted by atomic mass is 10.1. The summed E-state index contributed by atoms with van der Waals surface area (Å²) in [5.41, 5.74) is 0. The van der Waals surface area contributed by atoms with Crippen LogP contribution in [0.4, 0.5) is 0 Å². The van der Waals surface area contributed by atoms with E-state index < -0.39 is 0 Å². The van der Waals surface area contributed by atoms with Gasteiger partial charge in [0, 0.05) is 25.4 Å². The number of rotatable bonds is 5. The molecule has 1 aromatic rings. The quantitative estimate of drug-likeness (QED) is 0.542. The number of hydrogen-bond acceptors (Lipinski definition) is 4. The predicted octanol–water partition coefficient (Wildman–Crippen LogP) is -0.332. The molecule has 17 heavy (non-hydrogen) atoms. The van der Waals surface area contributed by atoms with Gasteiger partial charge in [0.25, 0.3) is 0 Å². The molecular formula is C11H16N4O2.